The second-order valence-corrected chi connectivity index (χ2v) is 9.10. The van der Waals surface area contributed by atoms with Crippen molar-refractivity contribution in [3.05, 3.63) is 95.8 Å². The van der Waals surface area contributed by atoms with Crippen LogP contribution in [-0.4, -0.2) is 32.7 Å². The van der Waals surface area contributed by atoms with E-state index in [1.54, 1.807) is 6.20 Å². The van der Waals surface area contributed by atoms with Crippen LogP contribution >= 0.6 is 0 Å². The number of carboxylic acids is 1. The number of hydrogen-bond donors (Lipinski definition) is 2. The van der Waals surface area contributed by atoms with Gasteiger partial charge < -0.3 is 15.2 Å². The zero-order chi connectivity index (χ0) is 25.4. The van der Waals surface area contributed by atoms with Gasteiger partial charge in [0.1, 0.15) is 5.69 Å². The normalized spacial score (nSPS) is 11.6. The van der Waals surface area contributed by atoms with Gasteiger partial charge in [-0.2, -0.15) is 0 Å². The van der Waals surface area contributed by atoms with Crippen LogP contribution in [0.1, 0.15) is 61.8 Å². The largest absolute Gasteiger partial charge is 0.578 e. The molecule has 6 nitrogen and oxygen atoms in total. The van der Waals surface area contributed by atoms with E-state index in [0.717, 1.165) is 49.1 Å². The predicted molar refractivity (Wildman–Crippen MR) is 142 cm³/mol. The Labute approximate surface area is 213 Å². The summed E-state index contributed by atoms with van der Waals surface area (Å²) in [5.74, 6) is 0.00885. The van der Waals surface area contributed by atoms with Gasteiger partial charge >= 0.3 is 5.97 Å². The number of nitrogens with one attached hydrogen (secondary N) is 1. The van der Waals surface area contributed by atoms with Crippen molar-refractivity contribution in [1.29, 1.82) is 0 Å². The molecule has 0 aliphatic rings. The van der Waals surface area contributed by atoms with Crippen molar-refractivity contribution in [1.82, 2.24) is 10.3 Å². The van der Waals surface area contributed by atoms with Crippen LogP contribution < -0.4 is 5.32 Å². The van der Waals surface area contributed by atoms with E-state index in [1.807, 2.05) is 48.5 Å². The first kappa shape index (κ1) is 26.9. The molecule has 3 aromatic rings. The number of benzene rings is 2. The lowest BCUT2D eigenvalue weighted by Gasteiger charge is -2.18. The molecule has 36 heavy (non-hydrogen) atoms. The summed E-state index contributed by atoms with van der Waals surface area (Å²) in [6.07, 6.45) is 8.41. The van der Waals surface area contributed by atoms with Crippen molar-refractivity contribution in [2.75, 3.05) is 0 Å². The fourth-order valence-electron chi connectivity index (χ4n) is 4.12. The number of carboxylic acid groups (broad SMARTS) is 1. The van der Waals surface area contributed by atoms with E-state index in [2.05, 4.69) is 39.3 Å². The first-order chi connectivity index (χ1) is 17.6. The highest BCUT2D eigenvalue weighted by atomic mass is 16.5. The van der Waals surface area contributed by atoms with Crippen molar-refractivity contribution in [3.8, 4) is 5.75 Å². The molecular weight excluding hydrogens is 452 g/mol. The van der Waals surface area contributed by atoms with E-state index in [1.165, 1.54) is 5.56 Å². The molecule has 3 rings (SSSR count). The zero-order valence-corrected chi connectivity index (χ0v) is 20.8. The molecule has 1 amide bonds. The maximum Gasteiger partial charge on any atom is 0.303 e. The maximum atomic E-state index is 12.5. The van der Waals surface area contributed by atoms with E-state index < -0.39 is 5.97 Å². The number of aromatic nitrogens is 1. The van der Waals surface area contributed by atoms with Gasteiger partial charge in [0.2, 0.25) is 12.5 Å². The molecule has 0 radical (unpaired) electrons. The number of pyridine rings is 1. The highest BCUT2D eigenvalue weighted by molar-refractivity contribution is 5.76. The van der Waals surface area contributed by atoms with Gasteiger partial charge in [0.15, 0.2) is 0 Å². The maximum absolute atomic E-state index is 12.5. The molecule has 0 saturated carbocycles. The van der Waals surface area contributed by atoms with E-state index >= 15 is 0 Å². The summed E-state index contributed by atoms with van der Waals surface area (Å²) in [6.45, 7) is 0.518. The lowest BCUT2D eigenvalue weighted by atomic mass is 10.0. The molecule has 2 aromatic carbocycles. The van der Waals surface area contributed by atoms with Crippen molar-refractivity contribution in [2.45, 2.75) is 70.4 Å². The summed E-state index contributed by atoms with van der Waals surface area (Å²) in [6, 6.07) is 23.9. The van der Waals surface area contributed by atoms with Crippen LogP contribution in [-0.2, 0) is 29.0 Å². The Hall–Kier alpha value is -3.67. The van der Waals surface area contributed by atoms with E-state index in [0.29, 0.717) is 25.9 Å². The molecular formula is C30H37N2O4+. The Bertz CT molecular complexity index is 1040. The second-order valence-electron chi connectivity index (χ2n) is 9.10. The van der Waals surface area contributed by atoms with Gasteiger partial charge in [-0.15, -0.1) is 0 Å². The summed E-state index contributed by atoms with van der Waals surface area (Å²) in [5, 5.41) is 12.2. The van der Waals surface area contributed by atoms with Crippen molar-refractivity contribution < 1.29 is 19.4 Å². The Balaban J connectivity index is 1.40. The fraction of sp³-hybridized carbons (Fsp3) is 0.367. The third kappa shape index (κ3) is 10.7. The number of unbranched alkanes of at least 4 members (excludes halogenated alkanes) is 3. The topological polar surface area (TPSA) is 92.1 Å². The number of carbonyl (C=O) groups excluding carboxylic acids is 1. The molecule has 0 bridgehead atoms. The third-order valence-electron chi connectivity index (χ3n) is 6.10. The Morgan fingerprint density at radius 2 is 1.58 bits per heavy atom. The predicted octanol–water partition coefficient (Wildman–Crippen LogP) is 5.61. The van der Waals surface area contributed by atoms with Crippen LogP contribution in [0.25, 0.3) is 0 Å². The smallest absolute Gasteiger partial charge is 0.303 e. The summed E-state index contributed by atoms with van der Waals surface area (Å²) in [4.78, 5) is 27.9. The average molecular weight is 490 g/mol. The SMILES string of the molecule is O=C(O)CC[C@@H](Cc1ccc([OH+]Cc2ccccn2)cc1)NC(=O)CCCCCCc1ccccc1. The molecule has 0 unspecified atom stereocenters. The highest BCUT2D eigenvalue weighted by Crippen LogP contribution is 2.17. The first-order valence-electron chi connectivity index (χ1n) is 12.8. The minimum absolute atomic E-state index is 0.00423. The molecule has 190 valence electrons. The molecule has 0 aliphatic carbocycles. The summed E-state index contributed by atoms with van der Waals surface area (Å²) in [7, 11) is 0. The molecule has 6 heteroatoms. The molecule has 0 saturated heterocycles. The van der Waals surface area contributed by atoms with Crippen molar-refractivity contribution >= 4 is 11.9 Å². The number of aromatic hydroxyl groups is 1. The monoisotopic (exact) mass is 489 g/mol. The van der Waals surface area contributed by atoms with Gasteiger partial charge in [0.05, 0.1) is 0 Å². The number of carbonyl (C=O) groups is 2. The summed E-state index contributed by atoms with van der Waals surface area (Å²) < 4.78 is 4.57. The van der Waals surface area contributed by atoms with Crippen molar-refractivity contribution in [3.63, 3.8) is 0 Å². The van der Waals surface area contributed by atoms with Gasteiger partial charge in [-0.05, 0) is 67.5 Å². The number of aliphatic carboxylic acids is 1. The quantitative estimate of drug-likeness (QED) is 0.202. The van der Waals surface area contributed by atoms with Crippen LogP contribution in [0.15, 0.2) is 79.0 Å². The zero-order valence-electron chi connectivity index (χ0n) is 20.8. The standard InChI is InChI=1S/C30H36N2O4/c33-29(14-7-2-1-4-10-24-11-5-3-6-12-24)32-26(17-20-30(34)35)22-25-15-18-28(19-16-25)36-23-27-13-8-9-21-31-27/h3,5-6,8-9,11-13,15-16,18-19,21,26H,1-2,4,7,10,14,17,20,22-23H2,(H,32,33)(H,34,35)/p+1/t26-/m0/s1. The number of nitrogens with zero attached hydrogens (tertiary/aromatic N) is 1. The Morgan fingerprint density at radius 3 is 2.31 bits per heavy atom. The molecule has 0 fully saturated rings. The Morgan fingerprint density at radius 1 is 0.833 bits per heavy atom. The summed E-state index contributed by atoms with van der Waals surface area (Å²) >= 11 is 0. The highest BCUT2D eigenvalue weighted by Gasteiger charge is 2.15. The van der Waals surface area contributed by atoms with Gasteiger partial charge in [0.25, 0.3) is 5.75 Å². The fourth-order valence-corrected chi connectivity index (χ4v) is 4.12. The molecule has 1 aromatic heterocycles. The van der Waals surface area contributed by atoms with E-state index in [4.69, 9.17) is 5.11 Å². The van der Waals surface area contributed by atoms with Gasteiger partial charge in [0, 0.05) is 37.2 Å². The van der Waals surface area contributed by atoms with Crippen LogP contribution in [0.4, 0.5) is 0 Å². The summed E-state index contributed by atoms with van der Waals surface area (Å²) in [5.41, 5.74) is 3.31. The van der Waals surface area contributed by atoms with Gasteiger partial charge in [-0.25, -0.2) is 0 Å². The lowest BCUT2D eigenvalue weighted by Crippen LogP contribution is -2.36. The Kier molecular flexibility index (Phi) is 11.5. The number of rotatable bonds is 16. The molecule has 3 N–H and O–H groups in total. The van der Waals surface area contributed by atoms with Gasteiger partial charge in [-0.3, -0.25) is 14.6 Å². The van der Waals surface area contributed by atoms with Crippen LogP contribution in [0.5, 0.6) is 5.75 Å². The number of aliphatic hydroxyl groups is 1. The minimum Gasteiger partial charge on any atom is -0.578 e. The number of ether oxygens (including phenoxy) is 1. The van der Waals surface area contributed by atoms with E-state index in [-0.39, 0.29) is 18.4 Å². The average Bonchev–Trinajstić information content (AvgIpc) is 2.90. The molecule has 0 aliphatic heterocycles. The number of hydrogen-bond acceptors (Lipinski definition) is 3. The molecule has 1 atom stereocenters. The van der Waals surface area contributed by atoms with Gasteiger partial charge in [-0.1, -0.05) is 49.2 Å². The van der Waals surface area contributed by atoms with Crippen LogP contribution in [0.2, 0.25) is 0 Å². The minimum atomic E-state index is -0.851. The van der Waals surface area contributed by atoms with Crippen LogP contribution in [0.3, 0.4) is 0 Å². The molecule has 0 spiro atoms. The van der Waals surface area contributed by atoms with Crippen LogP contribution in [0, 0.1) is 0 Å². The number of aryl methyl sites for hydroxylation is 1. The third-order valence-corrected chi connectivity index (χ3v) is 6.10. The lowest BCUT2D eigenvalue weighted by molar-refractivity contribution is -0.137. The second kappa shape index (κ2) is 15.4. The number of amides is 1. The first-order valence-corrected chi connectivity index (χ1v) is 12.8. The van der Waals surface area contributed by atoms with E-state index in [9.17, 15) is 9.59 Å². The molecule has 1 heterocycles. The van der Waals surface area contributed by atoms with Crippen molar-refractivity contribution in [2.24, 2.45) is 0 Å².